The minimum atomic E-state index is -0.199. The number of urea groups is 1. The molecule has 1 fully saturated rings. The zero-order valence-corrected chi connectivity index (χ0v) is 21.2. The summed E-state index contributed by atoms with van der Waals surface area (Å²) in [5.74, 6) is 1.69. The number of piperazine rings is 1. The summed E-state index contributed by atoms with van der Waals surface area (Å²) in [7, 11) is 0. The van der Waals surface area contributed by atoms with Crippen molar-refractivity contribution in [1.82, 2.24) is 25.5 Å². The third kappa shape index (κ3) is 7.81. The minimum absolute atomic E-state index is 0. The van der Waals surface area contributed by atoms with Crippen molar-refractivity contribution < 1.29 is 4.79 Å². The van der Waals surface area contributed by atoms with E-state index < -0.39 is 0 Å². The van der Waals surface area contributed by atoms with E-state index in [1.807, 2.05) is 44.2 Å². The molecule has 1 saturated heterocycles. The second-order valence-corrected chi connectivity index (χ2v) is 7.64. The first-order chi connectivity index (χ1) is 15.0. The highest BCUT2D eigenvalue weighted by atomic mass is 127. The summed E-state index contributed by atoms with van der Waals surface area (Å²) in [5, 5.41) is 9.04. The van der Waals surface area contributed by atoms with Gasteiger partial charge in [0.05, 0.1) is 6.54 Å². The van der Waals surface area contributed by atoms with Gasteiger partial charge in [0, 0.05) is 56.8 Å². The van der Waals surface area contributed by atoms with Crippen LogP contribution in [0.4, 0.5) is 16.4 Å². The molecule has 32 heavy (non-hydrogen) atoms. The number of halogens is 1. The Balaban J connectivity index is 0.00000363. The maximum Gasteiger partial charge on any atom is 0.319 e. The molecule has 2 amide bonds. The molecule has 3 rings (SSSR count). The van der Waals surface area contributed by atoms with Gasteiger partial charge >= 0.3 is 6.03 Å². The van der Waals surface area contributed by atoms with Gasteiger partial charge in [0.2, 0.25) is 5.95 Å². The molecule has 0 bridgehead atoms. The Morgan fingerprint density at radius 2 is 1.75 bits per heavy atom. The van der Waals surface area contributed by atoms with Gasteiger partial charge in [-0.15, -0.1) is 24.0 Å². The van der Waals surface area contributed by atoms with E-state index in [1.165, 1.54) is 0 Å². The third-order valence-electron chi connectivity index (χ3n) is 4.79. The van der Waals surface area contributed by atoms with E-state index in [0.29, 0.717) is 6.54 Å². The number of carbonyl (C=O) groups is 1. The summed E-state index contributed by atoms with van der Waals surface area (Å²) in [6.45, 7) is 10.7. The van der Waals surface area contributed by atoms with Gasteiger partial charge in [-0.3, -0.25) is 0 Å². The van der Waals surface area contributed by atoms with Crippen LogP contribution in [-0.4, -0.2) is 65.6 Å². The lowest BCUT2D eigenvalue weighted by atomic mass is 10.2. The van der Waals surface area contributed by atoms with Gasteiger partial charge < -0.3 is 25.8 Å². The summed E-state index contributed by atoms with van der Waals surface area (Å²) in [6, 6.07) is 9.51. The highest BCUT2D eigenvalue weighted by Gasteiger charge is 2.21. The van der Waals surface area contributed by atoms with E-state index in [9.17, 15) is 4.79 Å². The van der Waals surface area contributed by atoms with Crippen molar-refractivity contribution in [2.75, 3.05) is 42.9 Å². The fourth-order valence-electron chi connectivity index (χ4n) is 3.29. The van der Waals surface area contributed by atoms with E-state index in [1.54, 1.807) is 12.4 Å². The van der Waals surface area contributed by atoms with Crippen molar-refractivity contribution in [3.63, 3.8) is 0 Å². The molecule has 0 unspecified atom stereocenters. The van der Waals surface area contributed by atoms with Gasteiger partial charge in [-0.2, -0.15) is 0 Å². The van der Waals surface area contributed by atoms with Gasteiger partial charge in [-0.05, 0) is 44.5 Å². The molecule has 10 heteroatoms. The molecule has 0 atom stereocenters. The number of amides is 2. The molecule has 0 saturated carbocycles. The van der Waals surface area contributed by atoms with Crippen LogP contribution in [0.2, 0.25) is 0 Å². The van der Waals surface area contributed by atoms with E-state index >= 15 is 0 Å². The summed E-state index contributed by atoms with van der Waals surface area (Å²) >= 11 is 0. The fourth-order valence-corrected chi connectivity index (χ4v) is 3.29. The van der Waals surface area contributed by atoms with Crippen LogP contribution >= 0.6 is 24.0 Å². The Labute approximate surface area is 207 Å². The molecule has 1 aliphatic rings. The van der Waals surface area contributed by atoms with Crippen LogP contribution < -0.4 is 20.9 Å². The van der Waals surface area contributed by atoms with Crippen LogP contribution in [0.3, 0.4) is 0 Å². The highest BCUT2D eigenvalue weighted by molar-refractivity contribution is 14.0. The number of aromatic nitrogens is 2. The van der Waals surface area contributed by atoms with E-state index in [0.717, 1.165) is 55.9 Å². The lowest BCUT2D eigenvalue weighted by molar-refractivity contribution is 0.250. The summed E-state index contributed by atoms with van der Waals surface area (Å²) in [6.07, 6.45) is 3.55. The highest BCUT2D eigenvalue weighted by Crippen LogP contribution is 2.12. The third-order valence-corrected chi connectivity index (χ3v) is 4.79. The smallest absolute Gasteiger partial charge is 0.319 e. The Hall–Kier alpha value is -2.63. The quantitative estimate of drug-likeness (QED) is 0.290. The van der Waals surface area contributed by atoms with E-state index in [-0.39, 0.29) is 36.0 Å². The molecule has 1 aliphatic heterocycles. The van der Waals surface area contributed by atoms with E-state index in [4.69, 9.17) is 4.99 Å². The molecule has 1 aromatic heterocycles. The number of carbonyl (C=O) groups excluding carboxylic acids is 1. The van der Waals surface area contributed by atoms with Gasteiger partial charge in [-0.1, -0.05) is 12.1 Å². The summed E-state index contributed by atoms with van der Waals surface area (Å²) in [5.41, 5.74) is 1.85. The average Bonchev–Trinajstić information content (AvgIpc) is 2.78. The van der Waals surface area contributed by atoms with Crippen molar-refractivity contribution in [3.8, 4) is 0 Å². The molecule has 9 nitrogen and oxygen atoms in total. The molecule has 0 aliphatic carbocycles. The molecule has 0 spiro atoms. The molecular weight excluding hydrogens is 519 g/mol. The first-order valence-corrected chi connectivity index (χ1v) is 10.8. The number of rotatable bonds is 6. The van der Waals surface area contributed by atoms with Gasteiger partial charge in [0.15, 0.2) is 5.96 Å². The predicted molar refractivity (Wildman–Crippen MR) is 140 cm³/mol. The maximum atomic E-state index is 11.8. The number of hydrogen-bond acceptors (Lipinski definition) is 5. The van der Waals surface area contributed by atoms with Crippen LogP contribution in [0.15, 0.2) is 47.7 Å². The Morgan fingerprint density at radius 1 is 1.09 bits per heavy atom. The molecular formula is C22H33IN8O. The summed E-state index contributed by atoms with van der Waals surface area (Å²) in [4.78, 5) is 29.8. The zero-order chi connectivity index (χ0) is 22.1. The second kappa shape index (κ2) is 13.0. The van der Waals surface area contributed by atoms with Crippen molar-refractivity contribution in [1.29, 1.82) is 0 Å². The summed E-state index contributed by atoms with van der Waals surface area (Å²) < 4.78 is 0. The fraction of sp³-hybridized carbons (Fsp3) is 0.455. The zero-order valence-electron chi connectivity index (χ0n) is 18.9. The van der Waals surface area contributed by atoms with Crippen LogP contribution in [0, 0.1) is 0 Å². The largest absolute Gasteiger partial charge is 0.357 e. The van der Waals surface area contributed by atoms with Gasteiger partial charge in [-0.25, -0.2) is 19.8 Å². The topological polar surface area (TPSA) is 97.8 Å². The number of nitrogens with one attached hydrogen (secondary N) is 3. The molecule has 1 aromatic carbocycles. The monoisotopic (exact) mass is 552 g/mol. The minimum Gasteiger partial charge on any atom is -0.357 e. The molecule has 2 aromatic rings. The van der Waals surface area contributed by atoms with Crippen LogP contribution in [0.5, 0.6) is 0 Å². The average molecular weight is 552 g/mol. The standard InChI is InChI=1S/C22H32N8O.HI/c1-4-23-20(29-12-14-30(15-13-29)21-24-10-5-11-25-21)26-16-18-6-8-19(9-7-18)28-22(31)27-17(2)3;/h5-11,17H,4,12-16H2,1-3H3,(H,23,26)(H2,27,28,31);1H. The Bertz CT molecular complexity index is 852. The number of guanidine groups is 1. The molecule has 2 heterocycles. The first kappa shape index (κ1) is 25.6. The van der Waals surface area contributed by atoms with Crippen molar-refractivity contribution in [3.05, 3.63) is 48.3 Å². The predicted octanol–water partition coefficient (Wildman–Crippen LogP) is 2.91. The van der Waals surface area contributed by atoms with Crippen LogP contribution in [0.1, 0.15) is 26.3 Å². The first-order valence-electron chi connectivity index (χ1n) is 10.8. The lowest BCUT2D eigenvalue weighted by Crippen LogP contribution is -2.52. The number of hydrogen-bond donors (Lipinski definition) is 3. The van der Waals surface area contributed by atoms with Crippen molar-refractivity contribution in [2.45, 2.75) is 33.4 Å². The number of benzene rings is 1. The van der Waals surface area contributed by atoms with E-state index in [2.05, 4.69) is 42.6 Å². The maximum absolute atomic E-state index is 11.8. The molecule has 3 N–H and O–H groups in total. The Kier molecular flexibility index (Phi) is 10.4. The normalized spacial score (nSPS) is 14.1. The molecule has 0 radical (unpaired) electrons. The van der Waals surface area contributed by atoms with Gasteiger partial charge in [0.1, 0.15) is 0 Å². The lowest BCUT2D eigenvalue weighted by Gasteiger charge is -2.36. The molecule has 174 valence electrons. The second-order valence-electron chi connectivity index (χ2n) is 7.64. The van der Waals surface area contributed by atoms with Crippen LogP contribution in [0.25, 0.3) is 0 Å². The Morgan fingerprint density at radius 3 is 2.34 bits per heavy atom. The number of anilines is 2. The van der Waals surface area contributed by atoms with Gasteiger partial charge in [0.25, 0.3) is 0 Å². The number of aliphatic imine (C=N–C) groups is 1. The van der Waals surface area contributed by atoms with Crippen LogP contribution in [-0.2, 0) is 6.54 Å². The van der Waals surface area contributed by atoms with Crippen molar-refractivity contribution >= 4 is 47.6 Å². The number of nitrogens with zero attached hydrogens (tertiary/aromatic N) is 5. The van der Waals surface area contributed by atoms with Crippen molar-refractivity contribution in [2.24, 2.45) is 4.99 Å². The SMILES string of the molecule is CCNC(=NCc1ccc(NC(=O)NC(C)C)cc1)N1CCN(c2ncccn2)CC1.I.